The minimum absolute atomic E-state index is 0.226. The van der Waals surface area contributed by atoms with Gasteiger partial charge >= 0.3 is 0 Å². The number of carbonyl (C=O) groups is 2. The first-order valence-electron chi connectivity index (χ1n) is 6.49. The molecule has 6 nitrogen and oxygen atoms in total. The summed E-state index contributed by atoms with van der Waals surface area (Å²) < 4.78 is 0. The van der Waals surface area contributed by atoms with E-state index < -0.39 is 5.91 Å². The summed E-state index contributed by atoms with van der Waals surface area (Å²) >= 11 is 0. The maximum Gasteiger partial charge on any atom is 0.267 e. The van der Waals surface area contributed by atoms with Crippen molar-refractivity contribution in [3.63, 3.8) is 0 Å². The van der Waals surface area contributed by atoms with Crippen molar-refractivity contribution in [3.8, 4) is 0 Å². The molecule has 2 atom stereocenters. The Labute approximate surface area is 111 Å². The molecule has 0 bridgehead atoms. The van der Waals surface area contributed by atoms with Gasteiger partial charge in [-0.3, -0.25) is 4.79 Å². The number of anilines is 1. The summed E-state index contributed by atoms with van der Waals surface area (Å²) in [7, 11) is 0. The first-order chi connectivity index (χ1) is 9.17. The van der Waals surface area contributed by atoms with Crippen LogP contribution < -0.4 is 10.6 Å². The minimum Gasteiger partial charge on any atom is -0.364 e. The quantitative estimate of drug-likeness (QED) is 0.786. The van der Waals surface area contributed by atoms with Crippen LogP contribution in [0.25, 0.3) is 0 Å². The van der Waals surface area contributed by atoms with E-state index in [0.29, 0.717) is 11.8 Å². The third-order valence-electron chi connectivity index (χ3n) is 4.21. The summed E-state index contributed by atoms with van der Waals surface area (Å²) in [6, 6.07) is 1.64. The van der Waals surface area contributed by atoms with E-state index >= 15 is 0 Å². The van der Waals surface area contributed by atoms with Gasteiger partial charge in [0.05, 0.1) is 0 Å². The van der Waals surface area contributed by atoms with Crippen molar-refractivity contribution in [3.05, 3.63) is 18.1 Å². The second-order valence-corrected chi connectivity index (χ2v) is 5.42. The molecule has 1 aromatic rings. The van der Waals surface area contributed by atoms with Crippen molar-refractivity contribution in [2.75, 3.05) is 18.0 Å². The van der Waals surface area contributed by atoms with Crippen LogP contribution in [-0.4, -0.2) is 35.3 Å². The molecule has 1 aliphatic carbocycles. The molecular formula is C13H16N4O2. The van der Waals surface area contributed by atoms with Crippen molar-refractivity contribution in [2.24, 2.45) is 23.5 Å². The van der Waals surface area contributed by atoms with Crippen molar-refractivity contribution in [2.45, 2.75) is 12.8 Å². The molecule has 0 aromatic carbocycles. The molecule has 1 saturated carbocycles. The molecule has 6 heteroatoms. The third-order valence-corrected chi connectivity index (χ3v) is 4.21. The Morgan fingerprint density at radius 3 is 2.58 bits per heavy atom. The molecule has 0 spiro atoms. The van der Waals surface area contributed by atoms with Gasteiger partial charge in [-0.2, -0.15) is 0 Å². The molecule has 100 valence electrons. The summed E-state index contributed by atoms with van der Waals surface area (Å²) in [6.45, 7) is 1.79. The van der Waals surface area contributed by atoms with Gasteiger partial charge < -0.3 is 15.4 Å². The lowest BCUT2D eigenvalue weighted by Gasteiger charge is -2.19. The van der Waals surface area contributed by atoms with Crippen LogP contribution in [0.1, 0.15) is 23.3 Å². The van der Waals surface area contributed by atoms with Crippen LogP contribution in [0.3, 0.4) is 0 Å². The van der Waals surface area contributed by atoms with E-state index in [0.717, 1.165) is 38.0 Å². The summed E-state index contributed by atoms with van der Waals surface area (Å²) in [5.74, 6) is 1.55. The monoisotopic (exact) mass is 260 g/mol. The van der Waals surface area contributed by atoms with E-state index in [9.17, 15) is 9.59 Å². The number of carbonyl (C=O) groups excluding carboxylic acids is 2. The summed E-state index contributed by atoms with van der Waals surface area (Å²) in [5.41, 5.74) is 5.47. The fourth-order valence-corrected chi connectivity index (χ4v) is 3.30. The predicted molar refractivity (Wildman–Crippen MR) is 68.5 cm³/mol. The molecule has 2 fully saturated rings. The van der Waals surface area contributed by atoms with E-state index in [1.54, 1.807) is 6.07 Å². The predicted octanol–water partition coefficient (Wildman–Crippen LogP) is 0.237. The summed E-state index contributed by atoms with van der Waals surface area (Å²) in [5, 5.41) is 0. The van der Waals surface area contributed by atoms with Gasteiger partial charge in [-0.05, 0) is 24.7 Å². The van der Waals surface area contributed by atoms with Crippen LogP contribution >= 0.6 is 0 Å². The number of rotatable bonds is 3. The number of fused-ring (bicyclic) bond motifs is 1. The van der Waals surface area contributed by atoms with Gasteiger partial charge in [-0.1, -0.05) is 0 Å². The molecule has 2 unspecified atom stereocenters. The molecule has 2 heterocycles. The number of nitrogens with zero attached hydrogens (tertiary/aromatic N) is 3. The molecule has 1 aliphatic heterocycles. The lowest BCUT2D eigenvalue weighted by Crippen LogP contribution is -2.24. The van der Waals surface area contributed by atoms with Gasteiger partial charge in [-0.25, -0.2) is 9.97 Å². The Balaban J connectivity index is 1.74. The Kier molecular flexibility index (Phi) is 2.93. The van der Waals surface area contributed by atoms with Crippen LogP contribution in [0.2, 0.25) is 0 Å². The van der Waals surface area contributed by atoms with Gasteiger partial charge in [-0.15, -0.1) is 0 Å². The molecule has 1 saturated heterocycles. The van der Waals surface area contributed by atoms with Crippen molar-refractivity contribution >= 4 is 18.0 Å². The Hall–Kier alpha value is -1.98. The minimum atomic E-state index is -0.538. The van der Waals surface area contributed by atoms with Crippen molar-refractivity contribution in [1.29, 1.82) is 0 Å². The first-order valence-corrected chi connectivity index (χ1v) is 6.49. The van der Waals surface area contributed by atoms with Gasteiger partial charge in [0, 0.05) is 25.1 Å². The molecule has 2 N–H and O–H groups in total. The SMILES string of the molecule is NC(=O)c1cc(N2CC3CC(C=O)CC3C2)ncn1. The van der Waals surface area contributed by atoms with Gasteiger partial charge in [0.1, 0.15) is 24.1 Å². The lowest BCUT2D eigenvalue weighted by molar-refractivity contribution is -0.111. The second kappa shape index (κ2) is 4.60. The number of aldehydes is 1. The topological polar surface area (TPSA) is 89.2 Å². The molecule has 1 amide bonds. The number of amides is 1. The third kappa shape index (κ3) is 2.18. The number of primary amides is 1. The molecule has 1 aromatic heterocycles. The number of hydrogen-bond donors (Lipinski definition) is 1. The summed E-state index contributed by atoms with van der Waals surface area (Å²) in [6.07, 6.45) is 4.40. The Morgan fingerprint density at radius 1 is 1.32 bits per heavy atom. The zero-order valence-electron chi connectivity index (χ0n) is 10.5. The molecule has 2 aliphatic rings. The van der Waals surface area contributed by atoms with Crippen molar-refractivity contribution in [1.82, 2.24) is 9.97 Å². The van der Waals surface area contributed by atoms with Gasteiger partial charge in [0.2, 0.25) is 0 Å². The standard InChI is InChI=1S/C13H16N4O2/c14-13(19)11-3-12(16-7-15-11)17-4-9-1-8(6-18)2-10(9)5-17/h3,6-10H,1-2,4-5H2,(H2,14,19). The van der Waals surface area contributed by atoms with Crippen LogP contribution in [0.5, 0.6) is 0 Å². The van der Waals surface area contributed by atoms with Crippen molar-refractivity contribution < 1.29 is 9.59 Å². The fourth-order valence-electron chi connectivity index (χ4n) is 3.30. The van der Waals surface area contributed by atoms with Gasteiger partial charge in [0.25, 0.3) is 5.91 Å². The molecular weight excluding hydrogens is 244 g/mol. The number of aromatic nitrogens is 2. The zero-order valence-corrected chi connectivity index (χ0v) is 10.5. The highest BCUT2D eigenvalue weighted by Crippen LogP contribution is 2.41. The van der Waals surface area contributed by atoms with Crippen LogP contribution in [0.15, 0.2) is 12.4 Å². The van der Waals surface area contributed by atoms with Crippen LogP contribution in [0, 0.1) is 17.8 Å². The Bertz CT molecular complexity index is 505. The fraction of sp³-hybridized carbons (Fsp3) is 0.538. The largest absolute Gasteiger partial charge is 0.364 e. The zero-order chi connectivity index (χ0) is 13.4. The second-order valence-electron chi connectivity index (χ2n) is 5.42. The van der Waals surface area contributed by atoms with Crippen LogP contribution in [0.4, 0.5) is 5.82 Å². The van der Waals surface area contributed by atoms with Crippen LogP contribution in [-0.2, 0) is 4.79 Å². The summed E-state index contributed by atoms with van der Waals surface area (Å²) in [4.78, 5) is 32.2. The van der Waals surface area contributed by atoms with E-state index in [4.69, 9.17) is 5.73 Å². The van der Waals surface area contributed by atoms with E-state index in [1.165, 1.54) is 6.33 Å². The maximum atomic E-state index is 11.1. The smallest absolute Gasteiger partial charge is 0.267 e. The van der Waals surface area contributed by atoms with E-state index in [1.807, 2.05) is 0 Å². The number of hydrogen-bond acceptors (Lipinski definition) is 5. The normalized spacial score (nSPS) is 29.3. The average Bonchev–Trinajstić information content (AvgIpc) is 2.96. The highest BCUT2D eigenvalue weighted by atomic mass is 16.1. The van der Waals surface area contributed by atoms with E-state index in [-0.39, 0.29) is 11.6 Å². The van der Waals surface area contributed by atoms with E-state index in [2.05, 4.69) is 14.9 Å². The highest BCUT2D eigenvalue weighted by Gasteiger charge is 2.41. The first kappa shape index (κ1) is 12.1. The highest BCUT2D eigenvalue weighted by molar-refractivity contribution is 5.91. The molecule has 0 radical (unpaired) electrons. The molecule has 19 heavy (non-hydrogen) atoms. The maximum absolute atomic E-state index is 11.1. The average molecular weight is 260 g/mol. The lowest BCUT2D eigenvalue weighted by atomic mass is 10.0. The molecule has 3 rings (SSSR count). The number of nitrogens with two attached hydrogens (primary N) is 1. The Morgan fingerprint density at radius 2 is 2.00 bits per heavy atom. The van der Waals surface area contributed by atoms with Gasteiger partial charge in [0.15, 0.2) is 0 Å².